The fraction of sp³-hybridized carbons (Fsp3) is 0.800. The molecule has 0 heterocycles. The fourth-order valence-electron chi connectivity index (χ4n) is 0.914. The zero-order chi connectivity index (χ0) is 12.4. The van der Waals surface area contributed by atoms with Crippen molar-refractivity contribution in [2.75, 3.05) is 38.2 Å². The number of aliphatic hydroxyl groups excluding tert-OH is 1. The molecule has 6 heteroatoms. The number of nitrogens with one attached hydrogen (secondary N) is 1. The lowest BCUT2D eigenvalue weighted by Gasteiger charge is -2.14. The molecule has 5 nitrogen and oxygen atoms in total. The first-order valence-corrected chi connectivity index (χ1v) is 6.40. The second kappa shape index (κ2) is 9.47. The standard InChI is InChI=1S/C10H20N2O3S/c1-9(14)12(2)8-10(15)11-4-7-16-6-3-5-13/h13H,3-8H2,1-2H3,(H,11,15). The molecule has 0 aliphatic rings. The highest BCUT2D eigenvalue weighted by Crippen LogP contribution is 1.99. The summed E-state index contributed by atoms with van der Waals surface area (Å²) in [6.07, 6.45) is 0.783. The van der Waals surface area contributed by atoms with Crippen molar-refractivity contribution < 1.29 is 14.7 Å². The van der Waals surface area contributed by atoms with Gasteiger partial charge in [-0.15, -0.1) is 0 Å². The summed E-state index contributed by atoms with van der Waals surface area (Å²) in [6.45, 7) is 2.35. The largest absolute Gasteiger partial charge is 0.396 e. The quantitative estimate of drug-likeness (QED) is 0.579. The first kappa shape index (κ1) is 15.2. The summed E-state index contributed by atoms with van der Waals surface area (Å²) in [7, 11) is 1.60. The molecule has 0 aromatic rings. The number of carbonyl (C=O) groups excluding carboxylic acids is 2. The maximum atomic E-state index is 11.3. The van der Waals surface area contributed by atoms with Gasteiger partial charge >= 0.3 is 0 Å². The number of nitrogens with zero attached hydrogens (tertiary/aromatic N) is 1. The summed E-state index contributed by atoms with van der Waals surface area (Å²) in [5, 5.41) is 11.3. The monoisotopic (exact) mass is 248 g/mol. The van der Waals surface area contributed by atoms with Gasteiger partial charge < -0.3 is 15.3 Å². The summed E-state index contributed by atoms with van der Waals surface area (Å²) in [5.41, 5.74) is 0. The first-order chi connectivity index (χ1) is 7.57. The van der Waals surface area contributed by atoms with E-state index in [4.69, 9.17) is 5.11 Å². The van der Waals surface area contributed by atoms with Gasteiger partial charge in [0.1, 0.15) is 0 Å². The predicted molar refractivity (Wildman–Crippen MR) is 65.3 cm³/mol. The lowest BCUT2D eigenvalue weighted by atomic mass is 10.5. The van der Waals surface area contributed by atoms with Gasteiger partial charge in [0, 0.05) is 32.9 Å². The third-order valence-electron chi connectivity index (χ3n) is 1.93. The number of aliphatic hydroxyl groups is 1. The number of carbonyl (C=O) groups is 2. The van der Waals surface area contributed by atoms with Gasteiger partial charge in [-0.3, -0.25) is 9.59 Å². The molecule has 0 saturated heterocycles. The summed E-state index contributed by atoms with van der Waals surface area (Å²) in [6, 6.07) is 0. The van der Waals surface area contributed by atoms with E-state index in [1.54, 1.807) is 18.8 Å². The topological polar surface area (TPSA) is 69.6 Å². The van der Waals surface area contributed by atoms with E-state index in [2.05, 4.69) is 5.32 Å². The van der Waals surface area contributed by atoms with Crippen molar-refractivity contribution >= 4 is 23.6 Å². The lowest BCUT2D eigenvalue weighted by Crippen LogP contribution is -2.38. The van der Waals surface area contributed by atoms with E-state index in [-0.39, 0.29) is 25.0 Å². The number of hydrogen-bond acceptors (Lipinski definition) is 4. The molecule has 0 fully saturated rings. The molecule has 2 amide bonds. The number of rotatable bonds is 8. The van der Waals surface area contributed by atoms with E-state index in [0.717, 1.165) is 17.9 Å². The van der Waals surface area contributed by atoms with Crippen molar-refractivity contribution in [3.05, 3.63) is 0 Å². The summed E-state index contributed by atoms with van der Waals surface area (Å²) >= 11 is 1.69. The average molecular weight is 248 g/mol. The minimum absolute atomic E-state index is 0.108. The Morgan fingerprint density at radius 1 is 1.38 bits per heavy atom. The van der Waals surface area contributed by atoms with Gasteiger partial charge in [0.2, 0.25) is 11.8 Å². The summed E-state index contributed by atoms with van der Waals surface area (Å²) in [4.78, 5) is 23.5. The Morgan fingerprint density at radius 2 is 2.06 bits per heavy atom. The predicted octanol–water partition coefficient (Wildman–Crippen LogP) is -0.303. The maximum Gasteiger partial charge on any atom is 0.239 e. The highest BCUT2D eigenvalue weighted by molar-refractivity contribution is 7.99. The van der Waals surface area contributed by atoms with E-state index in [1.807, 2.05) is 0 Å². The third-order valence-corrected chi connectivity index (χ3v) is 3.00. The average Bonchev–Trinajstić information content (AvgIpc) is 2.23. The fourth-order valence-corrected chi connectivity index (χ4v) is 1.70. The summed E-state index contributed by atoms with van der Waals surface area (Å²) < 4.78 is 0. The smallest absolute Gasteiger partial charge is 0.239 e. The maximum absolute atomic E-state index is 11.3. The molecule has 0 aliphatic carbocycles. The van der Waals surface area contributed by atoms with Gasteiger partial charge in [-0.25, -0.2) is 0 Å². The number of amides is 2. The van der Waals surface area contributed by atoms with Crippen molar-refractivity contribution in [3.8, 4) is 0 Å². The zero-order valence-corrected chi connectivity index (χ0v) is 10.7. The molecule has 0 aliphatic heterocycles. The highest BCUT2D eigenvalue weighted by Gasteiger charge is 2.07. The number of hydrogen-bond donors (Lipinski definition) is 2. The molecule has 2 N–H and O–H groups in total. The third kappa shape index (κ3) is 8.55. The molecular formula is C10H20N2O3S. The van der Waals surface area contributed by atoms with Crippen LogP contribution in [0.25, 0.3) is 0 Å². The van der Waals surface area contributed by atoms with E-state index in [9.17, 15) is 9.59 Å². The van der Waals surface area contributed by atoms with E-state index < -0.39 is 0 Å². The molecule has 0 rings (SSSR count). The molecule has 0 aromatic carbocycles. The van der Waals surface area contributed by atoms with Gasteiger partial charge in [0.25, 0.3) is 0 Å². The minimum Gasteiger partial charge on any atom is -0.396 e. The van der Waals surface area contributed by atoms with Crippen molar-refractivity contribution in [1.29, 1.82) is 0 Å². The zero-order valence-electron chi connectivity index (χ0n) is 9.86. The van der Waals surface area contributed by atoms with Crippen LogP contribution < -0.4 is 5.32 Å². The van der Waals surface area contributed by atoms with Gasteiger partial charge in [0.05, 0.1) is 6.54 Å². The van der Waals surface area contributed by atoms with Crippen LogP contribution in [0, 0.1) is 0 Å². The normalized spacial score (nSPS) is 9.94. The molecule has 0 unspecified atom stereocenters. The molecule has 16 heavy (non-hydrogen) atoms. The molecule has 0 saturated carbocycles. The summed E-state index contributed by atoms with van der Waals surface area (Å²) in [5.74, 6) is 1.47. The van der Waals surface area contributed by atoms with Crippen LogP contribution in [0.1, 0.15) is 13.3 Å². The van der Waals surface area contributed by atoms with E-state index in [0.29, 0.717) is 6.54 Å². The molecule has 0 bridgehead atoms. The van der Waals surface area contributed by atoms with Gasteiger partial charge in [0.15, 0.2) is 0 Å². The van der Waals surface area contributed by atoms with Crippen LogP contribution in [0.15, 0.2) is 0 Å². The Balaban J connectivity index is 3.40. The van der Waals surface area contributed by atoms with Gasteiger partial charge in [-0.05, 0) is 12.2 Å². The van der Waals surface area contributed by atoms with Crippen LogP contribution in [0.4, 0.5) is 0 Å². The van der Waals surface area contributed by atoms with Crippen molar-refractivity contribution in [3.63, 3.8) is 0 Å². The second-order valence-electron chi connectivity index (χ2n) is 3.41. The Kier molecular flexibility index (Phi) is 9.03. The van der Waals surface area contributed by atoms with E-state index in [1.165, 1.54) is 11.8 Å². The highest BCUT2D eigenvalue weighted by atomic mass is 32.2. The van der Waals surface area contributed by atoms with Crippen LogP contribution in [0.5, 0.6) is 0 Å². The van der Waals surface area contributed by atoms with Gasteiger partial charge in [-0.1, -0.05) is 0 Å². The molecular weight excluding hydrogens is 228 g/mol. The molecule has 0 radical (unpaired) electrons. The van der Waals surface area contributed by atoms with Crippen molar-refractivity contribution in [1.82, 2.24) is 10.2 Å². The van der Waals surface area contributed by atoms with Gasteiger partial charge in [-0.2, -0.15) is 11.8 Å². The first-order valence-electron chi connectivity index (χ1n) is 5.25. The Bertz CT molecular complexity index is 224. The van der Waals surface area contributed by atoms with Crippen molar-refractivity contribution in [2.24, 2.45) is 0 Å². The van der Waals surface area contributed by atoms with Crippen LogP contribution in [0.2, 0.25) is 0 Å². The molecule has 0 aromatic heterocycles. The van der Waals surface area contributed by atoms with Crippen LogP contribution in [-0.2, 0) is 9.59 Å². The lowest BCUT2D eigenvalue weighted by molar-refractivity contribution is -0.133. The second-order valence-corrected chi connectivity index (χ2v) is 4.64. The van der Waals surface area contributed by atoms with E-state index >= 15 is 0 Å². The number of likely N-dealkylation sites (N-methyl/N-ethyl adjacent to an activating group) is 1. The Labute approximate surface area is 101 Å². The van der Waals surface area contributed by atoms with Crippen LogP contribution in [-0.4, -0.2) is 60.1 Å². The molecule has 0 atom stereocenters. The number of thioether (sulfide) groups is 1. The van der Waals surface area contributed by atoms with Crippen LogP contribution in [0.3, 0.4) is 0 Å². The Hall–Kier alpha value is -0.750. The minimum atomic E-state index is -0.138. The van der Waals surface area contributed by atoms with Crippen LogP contribution >= 0.6 is 11.8 Å². The van der Waals surface area contributed by atoms with Crippen molar-refractivity contribution in [2.45, 2.75) is 13.3 Å². The Morgan fingerprint density at radius 3 is 2.62 bits per heavy atom. The molecule has 94 valence electrons. The molecule has 0 spiro atoms. The SMILES string of the molecule is CC(=O)N(C)CC(=O)NCCSCCCO.